The van der Waals surface area contributed by atoms with Gasteiger partial charge in [-0.3, -0.25) is 0 Å². The number of aromatic hydroxyl groups is 1. The molecule has 1 N–H and O–H groups in total. The molecule has 14 heavy (non-hydrogen) atoms. The summed E-state index contributed by atoms with van der Waals surface area (Å²) < 4.78 is 21.6. The molecular formula is C9H11ClO3S. The van der Waals surface area contributed by atoms with E-state index in [9.17, 15) is 8.42 Å². The van der Waals surface area contributed by atoms with Crippen LogP contribution in [0, 0.1) is 0 Å². The number of phenols is 1. The first-order chi connectivity index (χ1) is 6.38. The first-order valence-electron chi connectivity index (χ1n) is 4.10. The van der Waals surface area contributed by atoms with Crippen LogP contribution >= 0.6 is 10.7 Å². The minimum atomic E-state index is -3.47. The summed E-state index contributed by atoms with van der Waals surface area (Å²) in [5.74, 6) is -0.105. The Balaban J connectivity index is 2.80. The highest BCUT2D eigenvalue weighted by atomic mass is 35.7. The van der Waals surface area contributed by atoms with Crippen LogP contribution in [0.5, 0.6) is 5.75 Å². The standard InChI is InChI=1S/C9H11ClO3S/c1-7(6-14(10,12)13)8-2-4-9(11)5-3-8/h2-5,7,11H,6H2,1H3. The van der Waals surface area contributed by atoms with Crippen LogP contribution in [-0.4, -0.2) is 19.3 Å². The summed E-state index contributed by atoms with van der Waals surface area (Å²) in [5.41, 5.74) is 0.840. The SMILES string of the molecule is CC(CS(=O)(=O)Cl)c1ccc(O)cc1. The average Bonchev–Trinajstić information content (AvgIpc) is 2.02. The van der Waals surface area contributed by atoms with Crippen LogP contribution in [-0.2, 0) is 9.05 Å². The molecule has 1 aromatic carbocycles. The molecule has 0 fully saturated rings. The second kappa shape index (κ2) is 4.19. The lowest BCUT2D eigenvalue weighted by atomic mass is 10.0. The lowest BCUT2D eigenvalue weighted by molar-refractivity contribution is 0.475. The van der Waals surface area contributed by atoms with Gasteiger partial charge in [0.05, 0.1) is 5.75 Å². The van der Waals surface area contributed by atoms with Gasteiger partial charge in [-0.25, -0.2) is 8.42 Å². The van der Waals surface area contributed by atoms with Gasteiger partial charge in [-0.15, -0.1) is 0 Å². The molecule has 0 radical (unpaired) electrons. The van der Waals surface area contributed by atoms with Crippen molar-refractivity contribution in [3.05, 3.63) is 29.8 Å². The van der Waals surface area contributed by atoms with Gasteiger partial charge in [-0.05, 0) is 23.6 Å². The molecule has 1 unspecified atom stereocenters. The predicted molar refractivity (Wildman–Crippen MR) is 56.2 cm³/mol. The summed E-state index contributed by atoms with van der Waals surface area (Å²) in [7, 11) is 1.66. The fourth-order valence-corrected chi connectivity index (χ4v) is 2.55. The molecule has 0 spiro atoms. The molecule has 3 nitrogen and oxygen atoms in total. The molecule has 0 saturated carbocycles. The maximum absolute atomic E-state index is 10.8. The van der Waals surface area contributed by atoms with Crippen molar-refractivity contribution in [2.75, 3.05) is 5.75 Å². The smallest absolute Gasteiger partial charge is 0.233 e. The topological polar surface area (TPSA) is 54.4 Å². The third kappa shape index (κ3) is 3.55. The summed E-state index contributed by atoms with van der Waals surface area (Å²) >= 11 is 0. The summed E-state index contributed by atoms with van der Waals surface area (Å²) in [6.45, 7) is 1.77. The fourth-order valence-electron chi connectivity index (χ4n) is 1.20. The molecule has 0 aliphatic rings. The van der Waals surface area contributed by atoms with E-state index in [-0.39, 0.29) is 17.4 Å². The molecule has 5 heteroatoms. The molecule has 1 rings (SSSR count). The van der Waals surface area contributed by atoms with Gasteiger partial charge >= 0.3 is 0 Å². The first-order valence-corrected chi connectivity index (χ1v) is 6.57. The quantitative estimate of drug-likeness (QED) is 0.815. The Labute approximate surface area is 87.8 Å². The van der Waals surface area contributed by atoms with Gasteiger partial charge in [-0.2, -0.15) is 0 Å². The van der Waals surface area contributed by atoms with Crippen molar-refractivity contribution in [2.24, 2.45) is 0 Å². The normalized spacial score (nSPS) is 13.9. The zero-order valence-corrected chi connectivity index (χ0v) is 9.22. The molecule has 78 valence electrons. The molecule has 0 bridgehead atoms. The summed E-state index contributed by atoms with van der Waals surface area (Å²) in [6.07, 6.45) is 0. The molecule has 0 aromatic heterocycles. The highest BCUT2D eigenvalue weighted by Crippen LogP contribution is 2.20. The summed E-state index contributed by atoms with van der Waals surface area (Å²) in [6, 6.07) is 6.41. The Morgan fingerprint density at radius 3 is 2.29 bits per heavy atom. The predicted octanol–water partition coefficient (Wildman–Crippen LogP) is 2.06. The van der Waals surface area contributed by atoms with E-state index >= 15 is 0 Å². The van der Waals surface area contributed by atoms with Crippen molar-refractivity contribution >= 4 is 19.7 Å². The number of phenolic OH excluding ortho intramolecular Hbond substituents is 1. The van der Waals surface area contributed by atoms with Crippen molar-refractivity contribution in [2.45, 2.75) is 12.8 Å². The number of hydrogen-bond donors (Lipinski definition) is 1. The number of benzene rings is 1. The second-order valence-electron chi connectivity index (χ2n) is 3.20. The molecular weight excluding hydrogens is 224 g/mol. The third-order valence-corrected chi connectivity index (χ3v) is 3.19. The van der Waals surface area contributed by atoms with Crippen LogP contribution in [0.4, 0.5) is 0 Å². The fraction of sp³-hybridized carbons (Fsp3) is 0.333. The zero-order valence-electron chi connectivity index (χ0n) is 7.64. The van der Waals surface area contributed by atoms with E-state index in [1.54, 1.807) is 19.1 Å². The Kier molecular flexibility index (Phi) is 3.39. The number of hydrogen-bond acceptors (Lipinski definition) is 3. The molecule has 1 aromatic rings. The largest absolute Gasteiger partial charge is 0.508 e. The van der Waals surface area contributed by atoms with E-state index in [0.29, 0.717) is 0 Å². The summed E-state index contributed by atoms with van der Waals surface area (Å²) in [4.78, 5) is 0. The minimum Gasteiger partial charge on any atom is -0.508 e. The number of halogens is 1. The maximum atomic E-state index is 10.8. The van der Waals surface area contributed by atoms with E-state index in [2.05, 4.69) is 0 Å². The van der Waals surface area contributed by atoms with Crippen LogP contribution < -0.4 is 0 Å². The van der Waals surface area contributed by atoms with Gasteiger partial charge in [0.1, 0.15) is 5.75 Å². The van der Waals surface area contributed by atoms with Crippen molar-refractivity contribution in [3.63, 3.8) is 0 Å². The maximum Gasteiger partial charge on any atom is 0.233 e. The highest BCUT2D eigenvalue weighted by Gasteiger charge is 2.14. The van der Waals surface area contributed by atoms with Gasteiger partial charge in [0.15, 0.2) is 0 Å². The lowest BCUT2D eigenvalue weighted by Gasteiger charge is -2.09. The van der Waals surface area contributed by atoms with E-state index in [0.717, 1.165) is 5.56 Å². The monoisotopic (exact) mass is 234 g/mol. The average molecular weight is 235 g/mol. The Morgan fingerprint density at radius 2 is 1.86 bits per heavy atom. The molecule has 1 atom stereocenters. The van der Waals surface area contributed by atoms with Crippen LogP contribution in [0.1, 0.15) is 18.4 Å². The minimum absolute atomic E-state index is 0.0979. The molecule has 0 heterocycles. The van der Waals surface area contributed by atoms with Crippen LogP contribution in [0.2, 0.25) is 0 Å². The highest BCUT2D eigenvalue weighted by molar-refractivity contribution is 8.13. The van der Waals surface area contributed by atoms with Gasteiger partial charge in [-0.1, -0.05) is 19.1 Å². The molecule has 0 saturated heterocycles. The number of rotatable bonds is 3. The third-order valence-electron chi connectivity index (χ3n) is 1.91. The van der Waals surface area contributed by atoms with Crippen LogP contribution in [0.15, 0.2) is 24.3 Å². The van der Waals surface area contributed by atoms with Gasteiger partial charge in [0.2, 0.25) is 9.05 Å². The molecule has 0 aliphatic carbocycles. The Hall–Kier alpha value is -0.740. The van der Waals surface area contributed by atoms with Gasteiger partial charge in [0.25, 0.3) is 0 Å². The second-order valence-corrected chi connectivity index (χ2v) is 6.02. The van der Waals surface area contributed by atoms with Gasteiger partial charge < -0.3 is 5.11 Å². The Morgan fingerprint density at radius 1 is 1.36 bits per heavy atom. The van der Waals surface area contributed by atoms with Crippen molar-refractivity contribution in [1.82, 2.24) is 0 Å². The van der Waals surface area contributed by atoms with E-state index in [4.69, 9.17) is 15.8 Å². The first kappa shape index (κ1) is 11.3. The van der Waals surface area contributed by atoms with Gasteiger partial charge in [0, 0.05) is 10.7 Å². The lowest BCUT2D eigenvalue weighted by Crippen LogP contribution is -2.06. The van der Waals surface area contributed by atoms with Crippen LogP contribution in [0.25, 0.3) is 0 Å². The Bertz CT molecular complexity index is 397. The summed E-state index contributed by atoms with van der Waals surface area (Å²) in [5, 5.41) is 9.03. The van der Waals surface area contributed by atoms with E-state index < -0.39 is 9.05 Å². The van der Waals surface area contributed by atoms with E-state index in [1.807, 2.05) is 0 Å². The molecule has 0 amide bonds. The zero-order chi connectivity index (χ0) is 10.8. The van der Waals surface area contributed by atoms with Crippen molar-refractivity contribution < 1.29 is 13.5 Å². The van der Waals surface area contributed by atoms with Crippen molar-refractivity contribution in [1.29, 1.82) is 0 Å². The van der Waals surface area contributed by atoms with E-state index in [1.165, 1.54) is 12.1 Å². The van der Waals surface area contributed by atoms with Crippen molar-refractivity contribution in [3.8, 4) is 5.75 Å². The molecule has 0 aliphatic heterocycles. The van der Waals surface area contributed by atoms with Crippen LogP contribution in [0.3, 0.4) is 0 Å².